The molecule has 4 rings (SSSR count). The normalized spacial score (nSPS) is 15.5. The molecule has 2 aromatic heterocycles. The van der Waals surface area contributed by atoms with Crippen LogP contribution in [-0.4, -0.2) is 41.4 Å². The first-order chi connectivity index (χ1) is 14.7. The number of rotatable bonds is 5. The van der Waals surface area contributed by atoms with Gasteiger partial charge in [0.05, 0.1) is 17.1 Å². The van der Waals surface area contributed by atoms with Crippen LogP contribution in [0.15, 0.2) is 29.1 Å². The van der Waals surface area contributed by atoms with E-state index in [0.717, 1.165) is 16.6 Å². The molecule has 3 aromatic rings. The molecule has 164 valence electrons. The Hall–Kier alpha value is -3.14. The summed E-state index contributed by atoms with van der Waals surface area (Å²) in [6.45, 7) is 4.24. The number of H-pyrrole nitrogens is 1. The lowest BCUT2D eigenvalue weighted by Crippen LogP contribution is -2.25. The smallest absolute Gasteiger partial charge is 0.253 e. The Labute approximate surface area is 180 Å². The summed E-state index contributed by atoms with van der Waals surface area (Å²) in [5.74, 6) is -0.0580. The third-order valence-corrected chi connectivity index (χ3v) is 7.57. The van der Waals surface area contributed by atoms with Crippen LogP contribution in [0.5, 0.6) is 0 Å². The summed E-state index contributed by atoms with van der Waals surface area (Å²) < 4.78 is 27.1. The number of anilines is 2. The molecule has 10 heteroatoms. The standard InChI is InChI=1S/C21H25N5O4S/c1-13-17(21(28)23-20-19(13)14(2)24-25(20)3)9-10-18(27)22-15-5-7-16(8-6-15)26-11-4-12-31(26,29)30/h5-8H,4,9-12H2,1-3H3,(H,22,27)(H,23,28). The van der Waals surface area contributed by atoms with Gasteiger partial charge in [-0.1, -0.05) is 0 Å². The van der Waals surface area contributed by atoms with Crippen molar-refractivity contribution in [3.8, 4) is 0 Å². The fourth-order valence-corrected chi connectivity index (χ4v) is 5.72. The van der Waals surface area contributed by atoms with E-state index >= 15 is 0 Å². The van der Waals surface area contributed by atoms with Crippen LogP contribution in [0, 0.1) is 13.8 Å². The third-order valence-electron chi connectivity index (χ3n) is 5.70. The van der Waals surface area contributed by atoms with Crippen molar-refractivity contribution in [3.05, 3.63) is 51.4 Å². The number of fused-ring (bicyclic) bond motifs is 1. The van der Waals surface area contributed by atoms with Gasteiger partial charge >= 0.3 is 0 Å². The number of nitrogens with zero attached hydrogens (tertiary/aromatic N) is 3. The van der Waals surface area contributed by atoms with Gasteiger partial charge in [-0.3, -0.25) is 18.6 Å². The molecule has 0 spiro atoms. The zero-order chi connectivity index (χ0) is 22.3. The molecular formula is C21H25N5O4S. The molecular weight excluding hydrogens is 418 g/mol. The van der Waals surface area contributed by atoms with Crippen LogP contribution in [0.2, 0.25) is 0 Å². The van der Waals surface area contributed by atoms with Crippen LogP contribution in [-0.2, 0) is 28.3 Å². The summed E-state index contributed by atoms with van der Waals surface area (Å²) in [7, 11) is -1.45. The Morgan fingerprint density at radius 3 is 2.58 bits per heavy atom. The van der Waals surface area contributed by atoms with Gasteiger partial charge in [-0.15, -0.1) is 0 Å². The molecule has 1 aliphatic heterocycles. The van der Waals surface area contributed by atoms with Crippen molar-refractivity contribution in [2.45, 2.75) is 33.1 Å². The number of benzene rings is 1. The van der Waals surface area contributed by atoms with Crippen molar-refractivity contribution < 1.29 is 13.2 Å². The number of hydrogen-bond acceptors (Lipinski definition) is 5. The first kappa shape index (κ1) is 21.1. The lowest BCUT2D eigenvalue weighted by atomic mass is 10.0. The Bertz CT molecular complexity index is 1320. The van der Waals surface area contributed by atoms with Gasteiger partial charge in [0.1, 0.15) is 5.65 Å². The Kier molecular flexibility index (Phi) is 5.34. The minimum Gasteiger partial charge on any atom is -0.326 e. The van der Waals surface area contributed by atoms with Crippen molar-refractivity contribution in [3.63, 3.8) is 0 Å². The van der Waals surface area contributed by atoms with Crippen LogP contribution in [0.25, 0.3) is 11.0 Å². The summed E-state index contributed by atoms with van der Waals surface area (Å²) >= 11 is 0. The van der Waals surface area contributed by atoms with Crippen LogP contribution in [0.3, 0.4) is 0 Å². The number of pyridine rings is 1. The Morgan fingerprint density at radius 2 is 1.94 bits per heavy atom. The average Bonchev–Trinajstić information content (AvgIpc) is 3.20. The number of nitrogens with one attached hydrogen (secondary N) is 2. The van der Waals surface area contributed by atoms with Crippen LogP contribution in [0.4, 0.5) is 11.4 Å². The van der Waals surface area contributed by atoms with Crippen LogP contribution >= 0.6 is 0 Å². The number of sulfonamides is 1. The highest BCUT2D eigenvalue weighted by Crippen LogP contribution is 2.25. The van der Waals surface area contributed by atoms with Crippen molar-refractivity contribution in [1.29, 1.82) is 0 Å². The molecule has 1 aromatic carbocycles. The number of hydrogen-bond donors (Lipinski definition) is 2. The highest BCUT2D eigenvalue weighted by atomic mass is 32.2. The van der Waals surface area contributed by atoms with Crippen molar-refractivity contribution in [2.75, 3.05) is 21.9 Å². The molecule has 9 nitrogen and oxygen atoms in total. The summed E-state index contributed by atoms with van der Waals surface area (Å²) in [6.07, 6.45) is 1.07. The largest absolute Gasteiger partial charge is 0.326 e. The first-order valence-corrected chi connectivity index (χ1v) is 11.7. The topological polar surface area (TPSA) is 117 Å². The van der Waals surface area contributed by atoms with Gasteiger partial charge in [0.2, 0.25) is 15.9 Å². The molecule has 1 amide bonds. The van der Waals surface area contributed by atoms with Gasteiger partial charge in [0, 0.05) is 36.7 Å². The molecule has 1 saturated heterocycles. The Balaban J connectivity index is 1.44. The molecule has 1 aliphatic rings. The third kappa shape index (κ3) is 3.95. The molecule has 1 fully saturated rings. The molecule has 0 aliphatic carbocycles. The average molecular weight is 444 g/mol. The monoisotopic (exact) mass is 443 g/mol. The van der Waals surface area contributed by atoms with Gasteiger partial charge in [-0.25, -0.2) is 8.42 Å². The van der Waals surface area contributed by atoms with Crippen molar-refractivity contribution >= 4 is 38.3 Å². The van der Waals surface area contributed by atoms with E-state index in [4.69, 9.17) is 0 Å². The fourth-order valence-electron chi connectivity index (χ4n) is 4.16. The van der Waals surface area contributed by atoms with Crippen molar-refractivity contribution in [1.82, 2.24) is 14.8 Å². The molecule has 0 radical (unpaired) electrons. The van der Waals surface area contributed by atoms with E-state index < -0.39 is 10.0 Å². The van der Waals surface area contributed by atoms with Gasteiger partial charge in [-0.05, 0) is 56.5 Å². The highest BCUT2D eigenvalue weighted by molar-refractivity contribution is 7.93. The number of aromatic amines is 1. The lowest BCUT2D eigenvalue weighted by molar-refractivity contribution is -0.116. The van der Waals surface area contributed by atoms with Gasteiger partial charge in [-0.2, -0.15) is 5.10 Å². The summed E-state index contributed by atoms with van der Waals surface area (Å²) in [6, 6.07) is 6.74. The second-order valence-electron chi connectivity index (χ2n) is 7.83. The van der Waals surface area contributed by atoms with Crippen LogP contribution in [0.1, 0.15) is 29.7 Å². The van der Waals surface area contributed by atoms with E-state index in [1.807, 2.05) is 13.8 Å². The summed E-state index contributed by atoms with van der Waals surface area (Å²) in [5, 5.41) is 8.07. The molecule has 0 unspecified atom stereocenters. The van der Waals surface area contributed by atoms with Gasteiger partial charge < -0.3 is 10.3 Å². The molecule has 31 heavy (non-hydrogen) atoms. The quantitative estimate of drug-likeness (QED) is 0.625. The number of aryl methyl sites for hydroxylation is 3. The van der Waals surface area contributed by atoms with Crippen molar-refractivity contribution in [2.24, 2.45) is 7.05 Å². The summed E-state index contributed by atoms with van der Waals surface area (Å²) in [4.78, 5) is 27.8. The molecule has 0 saturated carbocycles. The van der Waals surface area contributed by atoms with Gasteiger partial charge in [0.25, 0.3) is 5.56 Å². The van der Waals surface area contributed by atoms with E-state index in [1.54, 1.807) is 36.0 Å². The maximum absolute atomic E-state index is 12.5. The van der Waals surface area contributed by atoms with E-state index in [9.17, 15) is 18.0 Å². The first-order valence-electron chi connectivity index (χ1n) is 10.1. The zero-order valence-corrected chi connectivity index (χ0v) is 18.5. The number of aromatic nitrogens is 3. The minimum atomic E-state index is -3.23. The van der Waals surface area contributed by atoms with E-state index in [1.165, 1.54) is 4.31 Å². The predicted octanol–water partition coefficient (Wildman–Crippen LogP) is 1.99. The number of carbonyl (C=O) groups excluding carboxylic acids is 1. The fraction of sp³-hybridized carbons (Fsp3) is 0.381. The number of carbonyl (C=O) groups is 1. The number of amides is 1. The maximum Gasteiger partial charge on any atom is 0.253 e. The minimum absolute atomic E-state index is 0.150. The second-order valence-corrected chi connectivity index (χ2v) is 9.84. The SMILES string of the molecule is Cc1nn(C)c2[nH]c(=O)c(CCC(=O)Nc3ccc(N4CCCS4(=O)=O)cc3)c(C)c12. The molecule has 0 bridgehead atoms. The lowest BCUT2D eigenvalue weighted by Gasteiger charge is -2.17. The molecule has 0 atom stereocenters. The van der Waals surface area contributed by atoms with Gasteiger partial charge in [0.15, 0.2) is 0 Å². The maximum atomic E-state index is 12.5. The summed E-state index contributed by atoms with van der Waals surface area (Å²) in [5.41, 5.74) is 3.89. The zero-order valence-electron chi connectivity index (χ0n) is 17.7. The molecule has 3 heterocycles. The second kappa shape index (κ2) is 7.84. The van der Waals surface area contributed by atoms with E-state index in [0.29, 0.717) is 42.0 Å². The predicted molar refractivity (Wildman–Crippen MR) is 120 cm³/mol. The highest BCUT2D eigenvalue weighted by Gasteiger charge is 2.28. The van der Waals surface area contributed by atoms with E-state index in [2.05, 4.69) is 15.4 Å². The van der Waals surface area contributed by atoms with Crippen LogP contribution < -0.4 is 15.2 Å². The Morgan fingerprint density at radius 1 is 1.23 bits per heavy atom. The van der Waals surface area contributed by atoms with E-state index in [-0.39, 0.29) is 23.6 Å². The molecule has 2 N–H and O–H groups in total.